The maximum atomic E-state index is 12.3. The second kappa shape index (κ2) is 5.10. The minimum atomic E-state index is -3.70. The molecule has 0 amide bonds. The van der Waals surface area contributed by atoms with Gasteiger partial charge >= 0.3 is 0 Å². The van der Waals surface area contributed by atoms with Crippen LogP contribution in [-0.2, 0) is 10.0 Å². The van der Waals surface area contributed by atoms with E-state index in [1.54, 1.807) is 11.4 Å². The van der Waals surface area contributed by atoms with Gasteiger partial charge in [0, 0.05) is 16.6 Å². The predicted octanol–water partition coefficient (Wildman–Crippen LogP) is 3.69. The Hall–Kier alpha value is -0.960. The van der Waals surface area contributed by atoms with Crippen LogP contribution in [0.4, 0.5) is 5.69 Å². The summed E-state index contributed by atoms with van der Waals surface area (Å²) in [6.45, 7) is 0.0956. The molecule has 0 spiro atoms. The summed E-state index contributed by atoms with van der Waals surface area (Å²) in [6.07, 6.45) is 0. The Bertz CT molecular complexity index is 775. The first kappa shape index (κ1) is 14.0. The summed E-state index contributed by atoms with van der Waals surface area (Å²) in [5.74, 6) is 0.951. The number of hydrogen-bond acceptors (Lipinski definition) is 5. The van der Waals surface area contributed by atoms with Crippen LogP contribution in [0.1, 0.15) is 0 Å². The van der Waals surface area contributed by atoms with E-state index in [9.17, 15) is 8.42 Å². The van der Waals surface area contributed by atoms with Crippen LogP contribution in [0.2, 0.25) is 5.02 Å². The Morgan fingerprint density at radius 2 is 2.00 bits per heavy atom. The van der Waals surface area contributed by atoms with Crippen LogP contribution in [-0.4, -0.2) is 15.2 Å². The highest BCUT2D eigenvalue weighted by Crippen LogP contribution is 2.40. The maximum absolute atomic E-state index is 12.3. The predicted molar refractivity (Wildman–Crippen MR) is 80.4 cm³/mol. The van der Waals surface area contributed by atoms with E-state index < -0.39 is 10.0 Å². The molecule has 0 atom stereocenters. The molecule has 1 aromatic heterocycles. The van der Waals surface area contributed by atoms with Crippen molar-refractivity contribution in [1.29, 1.82) is 0 Å². The highest BCUT2D eigenvalue weighted by Gasteiger charge is 2.23. The molecule has 5 nitrogen and oxygen atoms in total. The third-order valence-electron chi connectivity index (χ3n) is 2.54. The van der Waals surface area contributed by atoms with Gasteiger partial charge in [0.1, 0.15) is 0 Å². The molecule has 1 aromatic carbocycles. The highest BCUT2D eigenvalue weighted by molar-refractivity contribution is 9.10. The van der Waals surface area contributed by atoms with Crippen molar-refractivity contribution in [2.24, 2.45) is 0 Å². The van der Waals surface area contributed by atoms with Crippen LogP contribution < -0.4 is 14.2 Å². The summed E-state index contributed by atoms with van der Waals surface area (Å²) in [6, 6.07) is 4.69. The topological polar surface area (TPSA) is 64.6 Å². The van der Waals surface area contributed by atoms with Crippen molar-refractivity contribution >= 4 is 54.6 Å². The van der Waals surface area contributed by atoms with Crippen molar-refractivity contribution < 1.29 is 17.9 Å². The molecule has 1 aliphatic rings. The van der Waals surface area contributed by atoms with Crippen LogP contribution in [0, 0.1) is 0 Å². The summed E-state index contributed by atoms with van der Waals surface area (Å²) in [4.78, 5) is 0. The molecule has 2 heterocycles. The van der Waals surface area contributed by atoms with Crippen molar-refractivity contribution in [2.75, 3.05) is 11.5 Å². The molecule has 2 aromatic rings. The maximum Gasteiger partial charge on any atom is 0.272 e. The SMILES string of the molecule is O=S(=O)(Nc1cc2c(cc1Cl)OCO2)c1sccc1Br. The quantitative estimate of drug-likeness (QED) is 0.859. The number of anilines is 1. The molecule has 9 heteroatoms. The van der Waals surface area contributed by atoms with Crippen LogP contribution in [0.3, 0.4) is 0 Å². The molecular weight excluding hydrogens is 390 g/mol. The molecule has 20 heavy (non-hydrogen) atoms. The Kier molecular flexibility index (Phi) is 3.57. The number of rotatable bonds is 3. The lowest BCUT2D eigenvalue weighted by Gasteiger charge is -2.09. The van der Waals surface area contributed by atoms with Gasteiger partial charge in [-0.25, -0.2) is 8.42 Å². The van der Waals surface area contributed by atoms with E-state index in [1.807, 2.05) is 0 Å². The van der Waals surface area contributed by atoms with Crippen molar-refractivity contribution in [3.63, 3.8) is 0 Å². The van der Waals surface area contributed by atoms with Gasteiger partial charge in [0.15, 0.2) is 15.7 Å². The summed E-state index contributed by atoms with van der Waals surface area (Å²) in [5, 5.41) is 1.92. The number of ether oxygens (including phenoxy) is 2. The van der Waals surface area contributed by atoms with Crippen molar-refractivity contribution in [3.8, 4) is 11.5 Å². The molecule has 0 saturated heterocycles. The number of fused-ring (bicyclic) bond motifs is 1. The lowest BCUT2D eigenvalue weighted by atomic mass is 10.3. The van der Waals surface area contributed by atoms with Gasteiger partial charge in [-0.05, 0) is 27.4 Å². The zero-order chi connectivity index (χ0) is 14.3. The van der Waals surface area contributed by atoms with Crippen molar-refractivity contribution in [1.82, 2.24) is 0 Å². The molecule has 0 fully saturated rings. The Morgan fingerprint density at radius 3 is 2.65 bits per heavy atom. The average molecular weight is 397 g/mol. The van der Waals surface area contributed by atoms with Gasteiger partial charge < -0.3 is 9.47 Å². The average Bonchev–Trinajstić information content (AvgIpc) is 2.98. The monoisotopic (exact) mass is 395 g/mol. The largest absolute Gasteiger partial charge is 0.454 e. The van der Waals surface area contributed by atoms with Gasteiger partial charge in [-0.2, -0.15) is 0 Å². The molecule has 0 saturated carbocycles. The molecule has 0 unspecified atom stereocenters. The van der Waals surface area contributed by atoms with E-state index in [4.69, 9.17) is 21.1 Å². The smallest absolute Gasteiger partial charge is 0.272 e. The fourth-order valence-electron chi connectivity index (χ4n) is 1.66. The number of sulfonamides is 1. The second-order valence-electron chi connectivity index (χ2n) is 3.85. The van der Waals surface area contributed by atoms with Crippen LogP contribution >= 0.6 is 38.9 Å². The number of benzene rings is 1. The molecule has 1 N–H and O–H groups in total. The Labute approximate surface area is 132 Å². The Balaban J connectivity index is 1.98. The second-order valence-corrected chi connectivity index (χ2v) is 7.90. The van der Waals surface area contributed by atoms with Gasteiger partial charge in [-0.3, -0.25) is 4.72 Å². The minimum Gasteiger partial charge on any atom is -0.454 e. The fourth-order valence-corrected chi connectivity index (χ4v) is 5.32. The first-order valence-corrected chi connectivity index (χ1v) is 8.86. The third kappa shape index (κ3) is 2.48. The van der Waals surface area contributed by atoms with E-state index in [0.717, 1.165) is 11.3 Å². The number of thiophene rings is 1. The summed E-state index contributed by atoms with van der Waals surface area (Å²) < 4.78 is 38.1. The van der Waals surface area contributed by atoms with Crippen molar-refractivity contribution in [3.05, 3.63) is 33.1 Å². The van der Waals surface area contributed by atoms with Gasteiger partial charge in [-0.15, -0.1) is 11.3 Å². The molecule has 0 radical (unpaired) electrons. The minimum absolute atomic E-state index is 0.0956. The van der Waals surface area contributed by atoms with E-state index in [-0.39, 0.29) is 21.7 Å². The summed E-state index contributed by atoms with van der Waals surface area (Å²) >= 11 is 10.4. The first-order valence-electron chi connectivity index (χ1n) is 5.32. The van der Waals surface area contributed by atoms with E-state index in [2.05, 4.69) is 20.7 Å². The number of hydrogen-bond donors (Lipinski definition) is 1. The standard InChI is InChI=1S/C11H7BrClNO4S2/c12-6-1-2-19-11(6)20(15,16)14-8-4-10-9(3-7(8)13)17-5-18-10/h1-4,14H,5H2. The van der Waals surface area contributed by atoms with Gasteiger partial charge in [0.05, 0.1) is 10.7 Å². The van der Waals surface area contributed by atoms with Crippen molar-refractivity contribution in [2.45, 2.75) is 4.21 Å². The number of nitrogens with one attached hydrogen (secondary N) is 1. The fraction of sp³-hybridized carbons (Fsp3) is 0.0909. The lowest BCUT2D eigenvalue weighted by Crippen LogP contribution is -2.12. The van der Waals surface area contributed by atoms with E-state index >= 15 is 0 Å². The zero-order valence-corrected chi connectivity index (χ0v) is 13.7. The van der Waals surface area contributed by atoms with Gasteiger partial charge in [-0.1, -0.05) is 11.6 Å². The molecule has 0 bridgehead atoms. The molecule has 3 rings (SSSR count). The number of halogens is 2. The van der Waals surface area contributed by atoms with Crippen LogP contribution in [0.15, 0.2) is 32.3 Å². The van der Waals surface area contributed by atoms with E-state index in [1.165, 1.54) is 12.1 Å². The lowest BCUT2D eigenvalue weighted by molar-refractivity contribution is 0.174. The molecule has 0 aliphatic carbocycles. The van der Waals surface area contributed by atoms with Gasteiger partial charge in [0.2, 0.25) is 6.79 Å². The molecule has 1 aliphatic heterocycles. The van der Waals surface area contributed by atoms with Crippen LogP contribution in [0.5, 0.6) is 11.5 Å². The summed E-state index contributed by atoms with van der Waals surface area (Å²) in [5.41, 5.74) is 0.246. The van der Waals surface area contributed by atoms with E-state index in [0.29, 0.717) is 16.0 Å². The zero-order valence-electron chi connectivity index (χ0n) is 9.72. The first-order chi connectivity index (χ1) is 9.47. The summed E-state index contributed by atoms with van der Waals surface area (Å²) in [7, 11) is -3.70. The van der Waals surface area contributed by atoms with Gasteiger partial charge in [0.25, 0.3) is 10.0 Å². The van der Waals surface area contributed by atoms with Crippen LogP contribution in [0.25, 0.3) is 0 Å². The molecular formula is C11H7BrClNO4S2. The Morgan fingerprint density at radius 1 is 1.30 bits per heavy atom. The third-order valence-corrected chi connectivity index (χ3v) is 6.88. The normalized spacial score (nSPS) is 13.5. The highest BCUT2D eigenvalue weighted by atomic mass is 79.9. The molecule has 106 valence electrons.